The molecular formula is C87H174N18O11S5. The lowest BCUT2D eigenvalue weighted by atomic mass is 9.98. The van der Waals surface area contributed by atoms with Crippen molar-refractivity contribution in [1.29, 1.82) is 5.41 Å². The van der Waals surface area contributed by atoms with Gasteiger partial charge in [-0.1, -0.05) is 109 Å². The van der Waals surface area contributed by atoms with E-state index < -0.39 is 41.1 Å². The number of aryl methyl sites for hydroxylation is 4. The molecule has 0 atom stereocenters. The Bertz CT molecular complexity index is 3700. The van der Waals surface area contributed by atoms with E-state index in [4.69, 9.17) is 29.8 Å². The van der Waals surface area contributed by atoms with Crippen LogP contribution in [0, 0.1) is 19.3 Å². The van der Waals surface area contributed by atoms with Crippen molar-refractivity contribution < 1.29 is 50.5 Å². The highest BCUT2D eigenvalue weighted by Crippen LogP contribution is 2.15. The number of carboxylic acids is 1. The number of fused-ring (bicyclic) bond motifs is 1. The number of carboxylic acid groups (broad SMARTS) is 1. The summed E-state index contributed by atoms with van der Waals surface area (Å²) in [5, 5.41) is 61.3. The molecule has 0 unspecified atom stereocenters. The number of likely N-dealkylation sites (N-methyl/N-ethyl adjacent to an activating group) is 5. The summed E-state index contributed by atoms with van der Waals surface area (Å²) in [6.07, 6.45) is 7.07. The predicted molar refractivity (Wildman–Crippen MR) is 526 cm³/mol. The third-order valence-electron chi connectivity index (χ3n) is 19.2. The molecule has 34 heteroatoms. The fourth-order valence-corrected chi connectivity index (χ4v) is 9.83. The number of ketones is 3. The van der Waals surface area contributed by atoms with Gasteiger partial charge in [-0.2, -0.15) is 11.8 Å². The SMILES string of the molecule is CC.CC.CC(=O)c1ccc2c(=O)n(C)nnc2c1.CCC(=O)C(C)(C)NC.CCC(=S)C(C)(C)NC.CCC(C)(C)NC.CCS(=O)(=O)C(C)(C)NC.CNC(=O)C(C)(C)NC.CNC(=S)C(C)(C)NC.CNC(C)(C)C(=N)CSC.CNC(C)(C)CC(C)=O.CNC(C)(C)S(=O)(=O)NC.CNc1ccc(C)cc1.Cc1cc(C(=O)[O-])cc[n+]1C. The number of sulfonamides is 1. The summed E-state index contributed by atoms with van der Waals surface area (Å²) < 4.78 is 49.8. The van der Waals surface area contributed by atoms with E-state index in [-0.39, 0.29) is 67.8 Å². The van der Waals surface area contributed by atoms with Crippen molar-refractivity contribution in [1.82, 2.24) is 78.2 Å². The molecule has 2 aromatic heterocycles. The number of nitrogens with zero attached hydrogens (tertiary/aromatic N) is 4. The van der Waals surface area contributed by atoms with Crippen LogP contribution in [0.1, 0.15) is 252 Å². The third kappa shape index (κ3) is 61.0. The molecule has 0 aliphatic heterocycles. The minimum Gasteiger partial charge on any atom is -0.545 e. The minimum absolute atomic E-state index is 0.00463. The molecule has 0 aliphatic carbocycles. The van der Waals surface area contributed by atoms with Crippen molar-refractivity contribution in [3.8, 4) is 0 Å². The molecule has 4 aromatic rings. The third-order valence-corrected chi connectivity index (χ3v) is 25.9. The first-order chi connectivity index (χ1) is 55.1. The number of carbonyl (C=O) groups is 5. The predicted octanol–water partition coefficient (Wildman–Crippen LogP) is 10.4. The first kappa shape index (κ1) is 135. The summed E-state index contributed by atoms with van der Waals surface area (Å²) in [5.41, 5.74) is 4.43. The van der Waals surface area contributed by atoms with Gasteiger partial charge in [0.15, 0.2) is 33.3 Å². The number of aromatic carboxylic acids is 1. The van der Waals surface area contributed by atoms with Crippen LogP contribution >= 0.6 is 36.2 Å². The number of hydrogen-bond acceptors (Lipinski definition) is 27. The number of hydrogen-bond donors (Lipinski definition) is 14. The Morgan fingerprint density at radius 1 is 0.562 bits per heavy atom. The van der Waals surface area contributed by atoms with Crippen molar-refractivity contribution >= 4 is 117 Å². The van der Waals surface area contributed by atoms with Crippen molar-refractivity contribution in [3.05, 3.63) is 93.5 Å². The molecule has 29 nitrogen and oxygen atoms in total. The molecule has 0 radical (unpaired) electrons. The minimum atomic E-state index is -3.21. The van der Waals surface area contributed by atoms with Gasteiger partial charge < -0.3 is 79.1 Å². The number of rotatable bonds is 28. The average molecular weight is 1810 g/mol. The molecule has 1 amide bonds. The quantitative estimate of drug-likeness (QED) is 0.0109. The molecule has 708 valence electrons. The summed E-state index contributed by atoms with van der Waals surface area (Å²) in [6, 6.07) is 16.2. The van der Waals surface area contributed by atoms with E-state index in [2.05, 4.69) is 152 Å². The van der Waals surface area contributed by atoms with Gasteiger partial charge in [0.1, 0.15) is 28.1 Å². The van der Waals surface area contributed by atoms with E-state index >= 15 is 0 Å². The van der Waals surface area contributed by atoms with Gasteiger partial charge in [-0.05, 0) is 259 Å². The maximum Gasteiger partial charge on any atom is 0.277 e. The number of anilines is 1. The second-order valence-electron chi connectivity index (χ2n) is 31.5. The Morgan fingerprint density at radius 3 is 1.24 bits per heavy atom. The number of Topliss-reactive ketones (excluding diaryl/α,β-unsaturated/α-hetero) is 3. The number of nitrogens with one attached hydrogen (secondary N) is 14. The molecule has 0 aliphatic rings. The Kier molecular flexibility index (Phi) is 76.4. The molecule has 4 rings (SSSR count). The van der Waals surface area contributed by atoms with Gasteiger partial charge in [-0.15, -0.1) is 5.10 Å². The average Bonchev–Trinajstić information content (AvgIpc) is 0.793. The van der Waals surface area contributed by atoms with Gasteiger partial charge in [0.25, 0.3) is 5.56 Å². The van der Waals surface area contributed by atoms with Gasteiger partial charge in [0, 0.05) is 116 Å². The van der Waals surface area contributed by atoms with E-state index in [0.717, 1.165) is 38.1 Å². The zero-order valence-electron chi connectivity index (χ0n) is 83.8. The summed E-state index contributed by atoms with van der Waals surface area (Å²) in [6.45, 7) is 57.4. The van der Waals surface area contributed by atoms with Crippen LogP contribution < -0.4 is 83.8 Å². The van der Waals surface area contributed by atoms with E-state index in [1.54, 1.807) is 119 Å². The number of aromatic nitrogens is 4. The lowest BCUT2D eigenvalue weighted by Crippen LogP contribution is -2.49. The number of pyridine rings is 1. The normalized spacial score (nSPS) is 11.1. The van der Waals surface area contributed by atoms with E-state index in [0.29, 0.717) is 34.8 Å². The molecule has 0 saturated heterocycles. The van der Waals surface area contributed by atoms with Crippen LogP contribution in [0.2, 0.25) is 0 Å². The second-order valence-corrected chi connectivity index (χ2v) is 38.5. The monoisotopic (exact) mass is 1810 g/mol. The fraction of sp³-hybridized carbons (Fsp3) is 0.701. The number of sulfone groups is 1. The largest absolute Gasteiger partial charge is 0.545 e. The van der Waals surface area contributed by atoms with Crippen molar-refractivity contribution in [3.63, 3.8) is 0 Å². The van der Waals surface area contributed by atoms with Crippen LogP contribution in [0.15, 0.2) is 65.6 Å². The van der Waals surface area contributed by atoms with Crippen LogP contribution in [0.25, 0.3) is 10.9 Å². The van der Waals surface area contributed by atoms with Crippen molar-refractivity contribution in [2.45, 2.75) is 282 Å². The highest BCUT2D eigenvalue weighted by Gasteiger charge is 2.32. The number of thioether (sulfide) groups is 1. The Balaban J connectivity index is -0.000000139. The van der Waals surface area contributed by atoms with Crippen LogP contribution in [0.5, 0.6) is 0 Å². The van der Waals surface area contributed by atoms with Gasteiger partial charge in [-0.3, -0.25) is 24.0 Å². The van der Waals surface area contributed by atoms with Crippen molar-refractivity contribution in [2.75, 3.05) is 115 Å². The maximum absolute atomic E-state index is 11.6. The van der Waals surface area contributed by atoms with Crippen LogP contribution in [-0.4, -0.2) is 235 Å². The van der Waals surface area contributed by atoms with Crippen LogP contribution in [0.3, 0.4) is 0 Å². The summed E-state index contributed by atoms with van der Waals surface area (Å²) in [5.74, 6) is 0.298. The summed E-state index contributed by atoms with van der Waals surface area (Å²) >= 11 is 11.8. The van der Waals surface area contributed by atoms with Crippen molar-refractivity contribution in [2.24, 2.45) is 14.1 Å². The maximum atomic E-state index is 11.6. The van der Waals surface area contributed by atoms with E-state index in [9.17, 15) is 50.7 Å². The lowest BCUT2D eigenvalue weighted by molar-refractivity contribution is -0.677. The first-order valence-electron chi connectivity index (χ1n) is 40.8. The molecule has 14 N–H and O–H groups in total. The smallest absolute Gasteiger partial charge is 0.277 e. The van der Waals surface area contributed by atoms with Gasteiger partial charge in [0.2, 0.25) is 15.9 Å². The second kappa shape index (κ2) is 68.2. The highest BCUT2D eigenvalue weighted by molar-refractivity contribution is 7.99. The molecular weight excluding hydrogens is 1630 g/mol. The zero-order valence-corrected chi connectivity index (χ0v) is 87.9. The Hall–Kier alpha value is -6.09. The number of thiocarbonyl (C=S) groups is 2. The van der Waals surface area contributed by atoms with Gasteiger partial charge >= 0.3 is 0 Å². The standard InChI is InChI=1S/C10H9N3O2.C8H9NO2.C8H11N.C7H16N2S.2C7H15NO.C7H15NS.C6H14N2O.C6H14N2S.C6H15NO2S.C6H15N.C5H14N2O2S.2C2H6/c1-6(14)7-3-4-8-9(5-7)11-12-13(2)10(8)15;1-6-5-7(8(10)11)3-4-9(6)2;1-7-3-5-8(9-2)6-4-7;1-7(2,9-3)6(8)5-10-4;1-6(9)5-7(2,3)8-4;2*1-5-6(9)7(2,3)8-4;2*1-6(2,8-4)5(9)7-3;1-5-10(8,9)6(2,3)7-4;1-5-6(2,3)7-4;1-5(2,6-3)10(8,9)7-4;2*1-2/h3-5H,1-2H3;3-5H,1-2H3;3-6,9H,1-2H3;8-9H,5H2,1-4H3;3*8H,5H2,1-4H3;2*8H,1-4H3,(H,7,9);7H,5H2,1-4H3;7H,5H2,1-4H3;6-7H,1-4H3;2*1-2H3. The molecule has 2 aromatic carbocycles. The van der Waals surface area contributed by atoms with Gasteiger partial charge in [0.05, 0.1) is 38.5 Å². The highest BCUT2D eigenvalue weighted by atomic mass is 32.2. The molecule has 0 spiro atoms. The Morgan fingerprint density at radius 2 is 1.00 bits per heavy atom. The number of carbonyl (C=O) groups excluding carboxylic acids is 5. The number of amides is 1. The fourth-order valence-electron chi connectivity index (χ4n) is 7.16. The summed E-state index contributed by atoms with van der Waals surface area (Å²) in [4.78, 5) is 65.7. The molecule has 0 saturated carbocycles. The Labute approximate surface area is 751 Å². The first-order valence-corrected chi connectivity index (χ1v) is 46.1. The molecule has 2 heterocycles. The van der Waals surface area contributed by atoms with Gasteiger partial charge in [-0.25, -0.2) is 30.8 Å². The summed E-state index contributed by atoms with van der Waals surface area (Å²) in [7, 11) is 20.4. The molecule has 121 heavy (non-hydrogen) atoms. The zero-order chi connectivity index (χ0) is 98.5. The van der Waals surface area contributed by atoms with Crippen LogP contribution in [0.4, 0.5) is 5.69 Å². The molecule has 0 fully saturated rings. The van der Waals surface area contributed by atoms with E-state index in [1.165, 1.54) is 44.8 Å². The lowest BCUT2D eigenvalue weighted by Gasteiger charge is -2.24. The van der Waals surface area contributed by atoms with Crippen LogP contribution in [-0.2, 0) is 48.3 Å². The molecule has 0 bridgehead atoms. The van der Waals surface area contributed by atoms with E-state index in [1.807, 2.05) is 178 Å². The topological polar surface area (TPSA) is 409 Å². The number of benzene rings is 2.